The second kappa shape index (κ2) is 7.55. The number of carbonyl (C=O) groups is 2. The van der Waals surface area contributed by atoms with Crippen LogP contribution in [0.2, 0.25) is 0 Å². The third-order valence-electron chi connectivity index (χ3n) is 7.08. The number of aryl methyl sites for hydroxylation is 2. The van der Waals surface area contributed by atoms with Gasteiger partial charge in [-0.2, -0.15) is 10.2 Å². The summed E-state index contributed by atoms with van der Waals surface area (Å²) in [7, 11) is 1.87. The monoisotopic (exact) mass is 455 g/mol. The summed E-state index contributed by atoms with van der Waals surface area (Å²) >= 11 is 0. The highest BCUT2D eigenvalue weighted by atomic mass is 16.5. The van der Waals surface area contributed by atoms with E-state index in [9.17, 15) is 9.59 Å². The number of ether oxygens (including phenoxy) is 1. The molecule has 1 spiro atoms. The molecule has 0 saturated carbocycles. The van der Waals surface area contributed by atoms with E-state index in [1.54, 1.807) is 17.1 Å². The van der Waals surface area contributed by atoms with Crippen LogP contribution >= 0.6 is 0 Å². The van der Waals surface area contributed by atoms with Crippen LogP contribution in [0, 0.1) is 6.92 Å². The summed E-state index contributed by atoms with van der Waals surface area (Å²) in [6.07, 6.45) is 7.04. The molecule has 0 aliphatic carbocycles. The predicted molar refractivity (Wildman–Crippen MR) is 127 cm³/mol. The van der Waals surface area contributed by atoms with Gasteiger partial charge in [-0.25, -0.2) is 0 Å². The highest BCUT2D eigenvalue weighted by Crippen LogP contribution is 2.41. The molecular formula is C26H25N5O3. The van der Waals surface area contributed by atoms with Crippen LogP contribution < -0.4 is 4.74 Å². The number of nitrogens with one attached hydrogen (secondary N) is 1. The fourth-order valence-corrected chi connectivity index (χ4v) is 5.18. The van der Waals surface area contributed by atoms with Crippen molar-refractivity contribution in [2.45, 2.75) is 31.8 Å². The van der Waals surface area contributed by atoms with Crippen molar-refractivity contribution >= 4 is 22.6 Å². The van der Waals surface area contributed by atoms with E-state index in [4.69, 9.17) is 4.74 Å². The number of fused-ring (bicyclic) bond motifs is 2. The van der Waals surface area contributed by atoms with E-state index in [2.05, 4.69) is 15.3 Å². The molecule has 2 aliphatic heterocycles. The van der Waals surface area contributed by atoms with Gasteiger partial charge in [0.25, 0.3) is 5.91 Å². The molecule has 4 heterocycles. The number of hydrogen-bond donors (Lipinski definition) is 1. The topological polar surface area (TPSA) is 93.1 Å². The highest BCUT2D eigenvalue weighted by Gasteiger charge is 2.43. The number of aromatic nitrogens is 4. The van der Waals surface area contributed by atoms with Crippen molar-refractivity contribution in [1.29, 1.82) is 0 Å². The molecule has 1 saturated heterocycles. The number of piperidine rings is 1. The standard InChI is InChI=1S/C26H25N5O3/c1-16-9-18(10-19-13-27-29-24(16)19)25(33)31-7-5-26(6-8-31)12-22(32)21-11-17(3-4-23(21)34-26)20-14-28-30(2)15-20/h3-4,9-11,13-15H,5-8,12H2,1-2H3,(H,27,29). The summed E-state index contributed by atoms with van der Waals surface area (Å²) in [6, 6.07) is 9.54. The van der Waals surface area contributed by atoms with Crippen molar-refractivity contribution < 1.29 is 14.3 Å². The van der Waals surface area contributed by atoms with Crippen molar-refractivity contribution in [3.05, 3.63) is 65.6 Å². The molecule has 172 valence electrons. The van der Waals surface area contributed by atoms with E-state index in [0.717, 1.165) is 27.6 Å². The Morgan fingerprint density at radius 1 is 1.12 bits per heavy atom. The van der Waals surface area contributed by atoms with Crippen LogP contribution in [-0.4, -0.2) is 55.3 Å². The predicted octanol–water partition coefficient (Wildman–Crippen LogP) is 3.91. The number of H-pyrrole nitrogens is 1. The lowest BCUT2D eigenvalue weighted by Crippen LogP contribution is -2.52. The van der Waals surface area contributed by atoms with Crippen LogP contribution in [0.4, 0.5) is 0 Å². The third kappa shape index (κ3) is 3.37. The summed E-state index contributed by atoms with van der Waals surface area (Å²) in [4.78, 5) is 28.2. The normalized spacial score (nSPS) is 17.1. The maximum Gasteiger partial charge on any atom is 0.253 e. The number of nitrogens with zero attached hydrogens (tertiary/aromatic N) is 4. The van der Waals surface area contributed by atoms with Crippen LogP contribution in [0.25, 0.3) is 22.0 Å². The molecule has 1 fully saturated rings. The maximum absolute atomic E-state index is 13.2. The Morgan fingerprint density at radius 2 is 1.94 bits per heavy atom. The van der Waals surface area contributed by atoms with E-state index in [0.29, 0.717) is 49.2 Å². The van der Waals surface area contributed by atoms with Gasteiger partial charge in [-0.05, 0) is 42.3 Å². The molecule has 34 heavy (non-hydrogen) atoms. The molecule has 8 nitrogen and oxygen atoms in total. The molecule has 2 aromatic heterocycles. The third-order valence-corrected chi connectivity index (χ3v) is 7.08. The van der Waals surface area contributed by atoms with Crippen LogP contribution in [0.3, 0.4) is 0 Å². The van der Waals surface area contributed by atoms with Gasteiger partial charge in [0.05, 0.1) is 29.9 Å². The van der Waals surface area contributed by atoms with Gasteiger partial charge in [-0.15, -0.1) is 0 Å². The van der Waals surface area contributed by atoms with Crippen LogP contribution in [-0.2, 0) is 7.05 Å². The second-order valence-corrected chi connectivity index (χ2v) is 9.42. The molecule has 0 bridgehead atoms. The summed E-state index contributed by atoms with van der Waals surface area (Å²) in [5.74, 6) is 0.724. The average Bonchev–Trinajstić information content (AvgIpc) is 3.48. The number of aromatic amines is 1. The van der Waals surface area contributed by atoms with E-state index >= 15 is 0 Å². The van der Waals surface area contributed by atoms with Crippen LogP contribution in [0.1, 0.15) is 45.5 Å². The smallest absolute Gasteiger partial charge is 0.253 e. The lowest BCUT2D eigenvalue weighted by atomic mass is 9.82. The minimum atomic E-state index is -0.554. The Hall–Kier alpha value is -3.94. The molecule has 0 radical (unpaired) electrons. The fourth-order valence-electron chi connectivity index (χ4n) is 5.18. The van der Waals surface area contributed by atoms with Gasteiger partial charge < -0.3 is 9.64 Å². The molecule has 1 amide bonds. The highest BCUT2D eigenvalue weighted by molar-refractivity contribution is 6.02. The fraction of sp³-hybridized carbons (Fsp3) is 0.308. The molecule has 2 aliphatic rings. The zero-order chi connectivity index (χ0) is 23.4. The van der Waals surface area contributed by atoms with Crippen LogP contribution in [0.5, 0.6) is 5.75 Å². The molecular weight excluding hydrogens is 430 g/mol. The van der Waals surface area contributed by atoms with Crippen molar-refractivity contribution in [2.75, 3.05) is 13.1 Å². The van der Waals surface area contributed by atoms with Gasteiger partial charge >= 0.3 is 0 Å². The van der Waals surface area contributed by atoms with Crippen molar-refractivity contribution in [1.82, 2.24) is 24.9 Å². The number of rotatable bonds is 2. The Balaban J connectivity index is 1.19. The lowest BCUT2D eigenvalue weighted by Gasteiger charge is -2.44. The Labute approximate surface area is 196 Å². The molecule has 0 atom stereocenters. The quantitative estimate of drug-likeness (QED) is 0.495. The first-order valence-corrected chi connectivity index (χ1v) is 11.5. The average molecular weight is 456 g/mol. The SMILES string of the molecule is Cc1cc(C(=O)N2CCC3(CC2)CC(=O)c2cc(-c4cnn(C)c4)ccc2O3)cc2cn[nH]c12. The number of benzene rings is 2. The van der Waals surface area contributed by atoms with Gasteiger partial charge in [0.1, 0.15) is 11.4 Å². The minimum Gasteiger partial charge on any atom is -0.486 e. The Kier molecular flexibility index (Phi) is 4.58. The van der Waals surface area contributed by atoms with E-state index in [1.807, 2.05) is 55.4 Å². The lowest BCUT2D eigenvalue weighted by molar-refractivity contribution is -0.00569. The Bertz CT molecular complexity index is 1440. The molecule has 4 aromatic rings. The molecule has 0 unspecified atom stereocenters. The van der Waals surface area contributed by atoms with E-state index in [-0.39, 0.29) is 11.7 Å². The van der Waals surface area contributed by atoms with Gasteiger partial charge in [-0.3, -0.25) is 19.4 Å². The van der Waals surface area contributed by atoms with Gasteiger partial charge in [-0.1, -0.05) is 6.07 Å². The number of ketones is 1. The minimum absolute atomic E-state index is 0.00435. The first-order valence-electron chi connectivity index (χ1n) is 11.5. The zero-order valence-corrected chi connectivity index (χ0v) is 19.2. The summed E-state index contributed by atoms with van der Waals surface area (Å²) in [5, 5.41) is 12.2. The van der Waals surface area contributed by atoms with Gasteiger partial charge in [0, 0.05) is 55.7 Å². The zero-order valence-electron chi connectivity index (χ0n) is 19.2. The van der Waals surface area contributed by atoms with E-state index in [1.165, 1.54) is 0 Å². The van der Waals surface area contributed by atoms with Crippen molar-refractivity contribution in [3.63, 3.8) is 0 Å². The number of hydrogen-bond acceptors (Lipinski definition) is 5. The van der Waals surface area contributed by atoms with Crippen molar-refractivity contribution in [2.24, 2.45) is 7.05 Å². The van der Waals surface area contributed by atoms with Crippen molar-refractivity contribution in [3.8, 4) is 16.9 Å². The summed E-state index contributed by atoms with van der Waals surface area (Å²) in [6.45, 7) is 3.08. The second-order valence-electron chi connectivity index (χ2n) is 9.42. The molecule has 1 N–H and O–H groups in total. The summed E-state index contributed by atoms with van der Waals surface area (Å²) < 4.78 is 8.18. The molecule has 2 aromatic carbocycles. The first-order chi connectivity index (χ1) is 16.4. The summed E-state index contributed by atoms with van der Waals surface area (Å²) in [5.41, 5.74) is 4.59. The molecule has 6 rings (SSSR count). The molecule has 8 heteroatoms. The largest absolute Gasteiger partial charge is 0.486 e. The number of carbonyl (C=O) groups excluding carboxylic acids is 2. The van der Waals surface area contributed by atoms with Gasteiger partial charge in [0.2, 0.25) is 0 Å². The van der Waals surface area contributed by atoms with Gasteiger partial charge in [0.15, 0.2) is 5.78 Å². The Morgan fingerprint density at radius 3 is 2.71 bits per heavy atom. The number of Topliss-reactive ketones (excluding diaryl/α,β-unsaturated/α-hetero) is 1. The van der Waals surface area contributed by atoms with Crippen LogP contribution in [0.15, 0.2) is 48.9 Å². The van der Waals surface area contributed by atoms with E-state index < -0.39 is 5.60 Å². The maximum atomic E-state index is 13.2. The first kappa shape index (κ1) is 20.7. The number of amides is 1. The number of likely N-dealkylation sites (tertiary alicyclic amines) is 1.